The van der Waals surface area contributed by atoms with Crippen LogP contribution in [0.4, 0.5) is 11.5 Å². The Bertz CT molecular complexity index is 499. The van der Waals surface area contributed by atoms with Gasteiger partial charge in [0.15, 0.2) is 0 Å². The van der Waals surface area contributed by atoms with Crippen molar-refractivity contribution in [3.8, 4) is 0 Å². The number of hydrogen-bond donors (Lipinski definition) is 2. The van der Waals surface area contributed by atoms with Gasteiger partial charge in [-0.1, -0.05) is 34.1 Å². The number of carbonyl (C=O) groups excluding carboxylic acids is 1. The standard InChI is InChI=1S/C15H26N4O/c1-6-7-11-13-14(19(5)18-11)16-10(8-12(20)17-13)9-15(2,3)4/h10,16H,6-9H2,1-5H3,(H,17,20). The number of hydrogen-bond acceptors (Lipinski definition) is 3. The molecule has 0 aromatic carbocycles. The molecule has 112 valence electrons. The summed E-state index contributed by atoms with van der Waals surface area (Å²) in [6, 6.07) is 0.154. The lowest BCUT2D eigenvalue weighted by molar-refractivity contribution is -0.116. The molecular weight excluding hydrogens is 252 g/mol. The summed E-state index contributed by atoms with van der Waals surface area (Å²) in [6.07, 6.45) is 3.37. The Morgan fingerprint density at radius 3 is 2.70 bits per heavy atom. The van der Waals surface area contributed by atoms with Crippen molar-refractivity contribution in [1.82, 2.24) is 9.78 Å². The van der Waals surface area contributed by atoms with E-state index in [-0.39, 0.29) is 17.4 Å². The molecule has 2 heterocycles. The topological polar surface area (TPSA) is 59.0 Å². The minimum absolute atomic E-state index is 0.0795. The van der Waals surface area contributed by atoms with Crippen LogP contribution in [-0.4, -0.2) is 21.7 Å². The van der Waals surface area contributed by atoms with Crippen LogP contribution in [0.1, 0.15) is 52.7 Å². The van der Waals surface area contributed by atoms with Crippen LogP contribution in [0.2, 0.25) is 0 Å². The normalized spacial score (nSPS) is 19.1. The molecule has 1 aliphatic heterocycles. The molecule has 0 aliphatic carbocycles. The van der Waals surface area contributed by atoms with E-state index in [1.165, 1.54) is 0 Å². The van der Waals surface area contributed by atoms with Gasteiger partial charge in [-0.05, 0) is 18.3 Å². The lowest BCUT2D eigenvalue weighted by Gasteiger charge is -2.25. The van der Waals surface area contributed by atoms with Crippen LogP contribution in [0.5, 0.6) is 0 Å². The Labute approximate surface area is 121 Å². The second-order valence-corrected chi connectivity index (χ2v) is 6.90. The van der Waals surface area contributed by atoms with E-state index in [0.717, 1.165) is 36.5 Å². The second kappa shape index (κ2) is 5.46. The summed E-state index contributed by atoms with van der Waals surface area (Å²) in [6.45, 7) is 8.72. The Balaban J connectivity index is 2.30. The molecule has 0 fully saturated rings. The van der Waals surface area contributed by atoms with Gasteiger partial charge >= 0.3 is 0 Å². The van der Waals surface area contributed by atoms with Crippen LogP contribution in [0, 0.1) is 5.41 Å². The van der Waals surface area contributed by atoms with Gasteiger partial charge in [0, 0.05) is 19.5 Å². The summed E-state index contributed by atoms with van der Waals surface area (Å²) >= 11 is 0. The molecule has 0 spiro atoms. The average Bonchev–Trinajstić information content (AvgIpc) is 2.49. The number of amides is 1. The number of carbonyl (C=O) groups is 1. The number of fused-ring (bicyclic) bond motifs is 1. The number of nitrogens with zero attached hydrogens (tertiary/aromatic N) is 2. The molecule has 0 saturated heterocycles. The Hall–Kier alpha value is -1.52. The van der Waals surface area contributed by atoms with Gasteiger partial charge < -0.3 is 10.6 Å². The zero-order valence-corrected chi connectivity index (χ0v) is 13.2. The predicted octanol–water partition coefficient (Wildman–Crippen LogP) is 2.93. The minimum atomic E-state index is 0.0795. The van der Waals surface area contributed by atoms with Crippen molar-refractivity contribution in [3.63, 3.8) is 0 Å². The van der Waals surface area contributed by atoms with Gasteiger partial charge in [0.05, 0.1) is 5.69 Å². The van der Waals surface area contributed by atoms with Crippen molar-refractivity contribution in [3.05, 3.63) is 5.69 Å². The van der Waals surface area contributed by atoms with E-state index in [4.69, 9.17) is 0 Å². The number of aromatic nitrogens is 2. The maximum absolute atomic E-state index is 12.1. The third-order valence-electron chi connectivity index (χ3n) is 3.50. The van der Waals surface area contributed by atoms with E-state index in [0.29, 0.717) is 6.42 Å². The summed E-state index contributed by atoms with van der Waals surface area (Å²) in [5.41, 5.74) is 2.03. The van der Waals surface area contributed by atoms with Crippen molar-refractivity contribution >= 4 is 17.4 Å². The van der Waals surface area contributed by atoms with Crippen molar-refractivity contribution in [2.24, 2.45) is 12.5 Å². The van der Waals surface area contributed by atoms with Crippen LogP contribution in [0.3, 0.4) is 0 Å². The molecule has 5 nitrogen and oxygen atoms in total. The van der Waals surface area contributed by atoms with Crippen molar-refractivity contribution in [1.29, 1.82) is 0 Å². The largest absolute Gasteiger partial charge is 0.365 e. The molecule has 2 rings (SSSR count). The highest BCUT2D eigenvalue weighted by Gasteiger charge is 2.28. The van der Waals surface area contributed by atoms with Crippen LogP contribution >= 0.6 is 0 Å². The van der Waals surface area contributed by atoms with Crippen LogP contribution in [0.25, 0.3) is 0 Å². The first kappa shape index (κ1) is 14.9. The first-order chi connectivity index (χ1) is 9.30. The number of nitrogens with one attached hydrogen (secondary N) is 2. The van der Waals surface area contributed by atoms with E-state index in [1.807, 2.05) is 11.7 Å². The molecule has 0 saturated carbocycles. The molecule has 2 N–H and O–H groups in total. The van der Waals surface area contributed by atoms with Gasteiger partial charge in [-0.15, -0.1) is 0 Å². The van der Waals surface area contributed by atoms with Crippen molar-refractivity contribution < 1.29 is 4.79 Å². The smallest absolute Gasteiger partial charge is 0.226 e. The number of aryl methyl sites for hydroxylation is 2. The summed E-state index contributed by atoms with van der Waals surface area (Å²) < 4.78 is 1.85. The summed E-state index contributed by atoms with van der Waals surface area (Å²) in [5, 5.41) is 11.1. The molecule has 1 atom stereocenters. The fraction of sp³-hybridized carbons (Fsp3) is 0.733. The molecular formula is C15H26N4O. The quantitative estimate of drug-likeness (QED) is 0.893. The molecule has 0 bridgehead atoms. The third kappa shape index (κ3) is 3.32. The van der Waals surface area contributed by atoms with Gasteiger partial charge in [-0.25, -0.2) is 0 Å². The molecule has 1 aromatic rings. The maximum Gasteiger partial charge on any atom is 0.226 e. The lowest BCUT2D eigenvalue weighted by atomic mass is 9.87. The predicted molar refractivity (Wildman–Crippen MR) is 81.9 cm³/mol. The SMILES string of the molecule is CCCc1nn(C)c2c1NC(=O)CC(CC(C)(C)C)N2. The Kier molecular flexibility index (Phi) is 4.06. The van der Waals surface area contributed by atoms with Crippen LogP contribution in [0.15, 0.2) is 0 Å². The van der Waals surface area contributed by atoms with E-state index in [2.05, 4.69) is 43.4 Å². The molecule has 20 heavy (non-hydrogen) atoms. The summed E-state index contributed by atoms with van der Waals surface area (Å²) in [7, 11) is 1.93. The van der Waals surface area contributed by atoms with Crippen LogP contribution < -0.4 is 10.6 Å². The lowest BCUT2D eigenvalue weighted by Crippen LogP contribution is -2.28. The highest BCUT2D eigenvalue weighted by Crippen LogP contribution is 2.33. The fourth-order valence-electron chi connectivity index (χ4n) is 2.81. The minimum Gasteiger partial charge on any atom is -0.365 e. The highest BCUT2D eigenvalue weighted by atomic mass is 16.1. The van der Waals surface area contributed by atoms with Gasteiger partial charge in [-0.2, -0.15) is 5.10 Å². The molecule has 1 aliphatic rings. The van der Waals surface area contributed by atoms with E-state index in [9.17, 15) is 4.79 Å². The van der Waals surface area contributed by atoms with Gasteiger partial charge in [0.1, 0.15) is 11.5 Å². The van der Waals surface area contributed by atoms with Gasteiger partial charge in [0.25, 0.3) is 0 Å². The maximum atomic E-state index is 12.1. The highest BCUT2D eigenvalue weighted by molar-refractivity contribution is 5.96. The average molecular weight is 278 g/mol. The van der Waals surface area contributed by atoms with E-state index >= 15 is 0 Å². The number of rotatable bonds is 3. The molecule has 5 heteroatoms. The monoisotopic (exact) mass is 278 g/mol. The first-order valence-corrected chi connectivity index (χ1v) is 7.42. The van der Waals surface area contributed by atoms with Gasteiger partial charge in [-0.3, -0.25) is 9.48 Å². The Morgan fingerprint density at radius 2 is 2.10 bits per heavy atom. The molecule has 0 radical (unpaired) electrons. The summed E-state index contributed by atoms with van der Waals surface area (Å²) in [4.78, 5) is 12.1. The third-order valence-corrected chi connectivity index (χ3v) is 3.50. The van der Waals surface area contributed by atoms with Gasteiger partial charge in [0.2, 0.25) is 5.91 Å². The first-order valence-electron chi connectivity index (χ1n) is 7.42. The Morgan fingerprint density at radius 1 is 1.40 bits per heavy atom. The number of anilines is 2. The van der Waals surface area contributed by atoms with Crippen molar-refractivity contribution in [2.75, 3.05) is 10.6 Å². The van der Waals surface area contributed by atoms with E-state index < -0.39 is 0 Å². The zero-order chi connectivity index (χ0) is 14.9. The van der Waals surface area contributed by atoms with Crippen molar-refractivity contribution in [2.45, 2.75) is 59.4 Å². The summed E-state index contributed by atoms with van der Waals surface area (Å²) in [5.74, 6) is 1.02. The molecule has 1 amide bonds. The molecule has 1 aromatic heterocycles. The fourth-order valence-corrected chi connectivity index (χ4v) is 2.81. The second-order valence-electron chi connectivity index (χ2n) is 6.90. The van der Waals surface area contributed by atoms with E-state index in [1.54, 1.807) is 0 Å². The van der Waals surface area contributed by atoms with Crippen LogP contribution in [-0.2, 0) is 18.3 Å². The zero-order valence-electron chi connectivity index (χ0n) is 13.2. The molecule has 1 unspecified atom stereocenters.